The van der Waals surface area contributed by atoms with Gasteiger partial charge in [-0.3, -0.25) is 0 Å². The number of rotatable bonds is 2. The Morgan fingerprint density at radius 1 is 1.44 bits per heavy atom. The Morgan fingerprint density at radius 3 is 2.61 bits per heavy atom. The van der Waals surface area contributed by atoms with E-state index in [1.165, 1.54) is 0 Å². The molecule has 0 spiro atoms. The molecule has 0 fully saturated rings. The summed E-state index contributed by atoms with van der Waals surface area (Å²) in [4.78, 5) is 11.6. The summed E-state index contributed by atoms with van der Waals surface area (Å²) >= 11 is 1.92. The van der Waals surface area contributed by atoms with Crippen molar-refractivity contribution in [1.82, 2.24) is 5.32 Å². The molecule has 0 saturated carbocycles. The van der Waals surface area contributed by atoms with E-state index in [0.717, 1.165) is 0 Å². The summed E-state index contributed by atoms with van der Waals surface area (Å²) in [5.74, 6) is -0.304. The van der Waals surface area contributed by atoms with Gasteiger partial charge >= 0.3 is 6.09 Å². The van der Waals surface area contributed by atoms with E-state index < -0.39 is 17.7 Å². The quantitative estimate of drug-likeness (QED) is 0.805. The lowest BCUT2D eigenvalue weighted by atomic mass is 10.1. The number of hydrogen-bond acceptors (Lipinski definition) is 2. The lowest BCUT2D eigenvalue weighted by Crippen LogP contribution is -2.34. The summed E-state index contributed by atoms with van der Waals surface area (Å²) in [5.41, 5.74) is -0.110. The van der Waals surface area contributed by atoms with E-state index in [2.05, 4.69) is 5.32 Å². The van der Waals surface area contributed by atoms with Crippen molar-refractivity contribution in [3.8, 4) is 0 Å². The molecule has 3 nitrogen and oxygen atoms in total. The van der Waals surface area contributed by atoms with Crippen molar-refractivity contribution in [3.05, 3.63) is 33.1 Å². The highest BCUT2D eigenvalue weighted by Gasteiger charge is 2.20. The monoisotopic (exact) mass is 365 g/mol. The predicted molar refractivity (Wildman–Crippen MR) is 76.9 cm³/mol. The Bertz CT molecular complexity index is 443. The van der Waals surface area contributed by atoms with Crippen LogP contribution >= 0.6 is 22.6 Å². The molecule has 0 saturated heterocycles. The van der Waals surface area contributed by atoms with E-state index in [1.807, 2.05) is 22.6 Å². The maximum Gasteiger partial charge on any atom is 0.408 e. The fourth-order valence-corrected chi connectivity index (χ4v) is 1.94. The van der Waals surface area contributed by atoms with E-state index in [-0.39, 0.29) is 5.82 Å². The molecule has 0 aliphatic rings. The zero-order chi connectivity index (χ0) is 13.9. The second-order valence-corrected chi connectivity index (χ2v) is 6.17. The fourth-order valence-electron chi connectivity index (χ4n) is 1.42. The average Bonchev–Trinajstić information content (AvgIpc) is 2.18. The Morgan fingerprint density at radius 2 is 2.06 bits per heavy atom. The Hall–Kier alpha value is -0.850. The third kappa shape index (κ3) is 4.44. The second kappa shape index (κ2) is 5.86. The first-order valence-electron chi connectivity index (χ1n) is 5.64. The molecule has 0 aromatic heterocycles. The van der Waals surface area contributed by atoms with Gasteiger partial charge in [0.15, 0.2) is 0 Å². The van der Waals surface area contributed by atoms with Gasteiger partial charge in [-0.15, -0.1) is 0 Å². The number of carbonyl (C=O) groups is 1. The minimum absolute atomic E-state index is 0.304. The summed E-state index contributed by atoms with van der Waals surface area (Å²) in [5, 5.41) is 2.62. The molecule has 0 aliphatic carbocycles. The number of carbonyl (C=O) groups excluding carboxylic acids is 1. The highest BCUT2D eigenvalue weighted by molar-refractivity contribution is 14.1. The zero-order valence-electron chi connectivity index (χ0n) is 10.9. The van der Waals surface area contributed by atoms with Crippen LogP contribution in [0.3, 0.4) is 0 Å². The van der Waals surface area contributed by atoms with Crippen LogP contribution in [0.25, 0.3) is 0 Å². The molecular weight excluding hydrogens is 348 g/mol. The van der Waals surface area contributed by atoms with Crippen LogP contribution in [0.1, 0.15) is 39.3 Å². The van der Waals surface area contributed by atoms with Gasteiger partial charge < -0.3 is 10.1 Å². The van der Waals surface area contributed by atoms with Crippen molar-refractivity contribution >= 4 is 28.7 Å². The summed E-state index contributed by atoms with van der Waals surface area (Å²) in [7, 11) is 0. The van der Waals surface area contributed by atoms with Gasteiger partial charge in [-0.25, -0.2) is 9.18 Å². The van der Waals surface area contributed by atoms with E-state index >= 15 is 0 Å². The molecule has 0 heterocycles. The Balaban J connectivity index is 2.74. The first-order chi connectivity index (χ1) is 8.20. The summed E-state index contributed by atoms with van der Waals surface area (Å²) < 4.78 is 19.5. The van der Waals surface area contributed by atoms with Gasteiger partial charge in [0.2, 0.25) is 0 Å². The molecule has 5 heteroatoms. The van der Waals surface area contributed by atoms with E-state index in [9.17, 15) is 9.18 Å². The molecule has 0 radical (unpaired) electrons. The molecule has 18 heavy (non-hydrogen) atoms. The van der Waals surface area contributed by atoms with Crippen molar-refractivity contribution < 1.29 is 13.9 Å². The first-order valence-corrected chi connectivity index (χ1v) is 6.72. The van der Waals surface area contributed by atoms with Crippen LogP contribution in [-0.4, -0.2) is 11.7 Å². The van der Waals surface area contributed by atoms with Crippen molar-refractivity contribution in [1.29, 1.82) is 0 Å². The molecule has 0 unspecified atom stereocenters. The minimum Gasteiger partial charge on any atom is -0.444 e. The maximum absolute atomic E-state index is 13.8. The average molecular weight is 365 g/mol. The van der Waals surface area contributed by atoms with Crippen molar-refractivity contribution in [2.75, 3.05) is 0 Å². The van der Waals surface area contributed by atoms with Gasteiger partial charge in [0, 0.05) is 9.13 Å². The second-order valence-electron chi connectivity index (χ2n) is 5.01. The molecule has 1 rings (SSSR count). The number of hydrogen-bond donors (Lipinski definition) is 1. The molecular formula is C13H17FINO2. The lowest BCUT2D eigenvalue weighted by Gasteiger charge is -2.22. The topological polar surface area (TPSA) is 38.3 Å². The molecule has 0 bridgehead atoms. The normalized spacial score (nSPS) is 13.0. The van der Waals surface area contributed by atoms with Crippen LogP contribution in [0, 0.1) is 9.39 Å². The van der Waals surface area contributed by atoms with E-state index in [1.54, 1.807) is 45.9 Å². The first kappa shape index (κ1) is 15.2. The van der Waals surface area contributed by atoms with Gasteiger partial charge in [-0.1, -0.05) is 12.1 Å². The summed E-state index contributed by atoms with van der Waals surface area (Å²) in [6, 6.07) is 4.65. The highest BCUT2D eigenvalue weighted by Crippen LogP contribution is 2.21. The number of alkyl carbamates (subject to hydrolysis) is 1. The third-order valence-corrected chi connectivity index (χ3v) is 3.01. The van der Waals surface area contributed by atoms with Gasteiger partial charge in [0.05, 0.1) is 6.04 Å². The van der Waals surface area contributed by atoms with Gasteiger partial charge in [0.1, 0.15) is 11.4 Å². The summed E-state index contributed by atoms with van der Waals surface area (Å²) in [6.07, 6.45) is -0.548. The van der Waals surface area contributed by atoms with Crippen LogP contribution in [0.2, 0.25) is 0 Å². The number of halogens is 2. The standard InChI is InChI=1S/C13H17FINO2/c1-8(16-12(17)18-13(2,3)4)9-6-5-7-10(15)11(9)14/h5-8H,1-4H3,(H,16,17)/t8-/m1/s1. The number of nitrogens with one attached hydrogen (secondary N) is 1. The van der Waals surface area contributed by atoms with Gasteiger partial charge in [-0.2, -0.15) is 0 Å². The Labute approximate surface area is 120 Å². The van der Waals surface area contributed by atoms with Crippen LogP contribution in [0.5, 0.6) is 0 Å². The van der Waals surface area contributed by atoms with E-state index in [4.69, 9.17) is 4.74 Å². The van der Waals surface area contributed by atoms with Gasteiger partial charge in [0.25, 0.3) is 0 Å². The molecule has 100 valence electrons. The lowest BCUT2D eigenvalue weighted by molar-refractivity contribution is 0.0507. The summed E-state index contributed by atoms with van der Waals surface area (Å²) in [6.45, 7) is 7.06. The highest BCUT2D eigenvalue weighted by atomic mass is 127. The number of amides is 1. The van der Waals surface area contributed by atoms with E-state index in [0.29, 0.717) is 9.13 Å². The van der Waals surface area contributed by atoms with Crippen LogP contribution < -0.4 is 5.32 Å². The fraction of sp³-hybridized carbons (Fsp3) is 0.462. The predicted octanol–water partition coefficient (Wildman–Crippen LogP) is 4.02. The zero-order valence-corrected chi connectivity index (χ0v) is 13.0. The molecule has 1 amide bonds. The molecule has 1 aromatic rings. The van der Waals surface area contributed by atoms with Crippen LogP contribution in [-0.2, 0) is 4.74 Å². The largest absolute Gasteiger partial charge is 0.444 e. The molecule has 1 aromatic carbocycles. The van der Waals surface area contributed by atoms with Gasteiger partial charge in [-0.05, 0) is 56.4 Å². The molecule has 1 atom stereocenters. The Kier molecular flexibility index (Phi) is 4.95. The van der Waals surface area contributed by atoms with Crippen LogP contribution in [0.15, 0.2) is 18.2 Å². The maximum atomic E-state index is 13.8. The number of benzene rings is 1. The number of ether oxygens (including phenoxy) is 1. The smallest absolute Gasteiger partial charge is 0.408 e. The van der Waals surface area contributed by atoms with Crippen molar-refractivity contribution in [3.63, 3.8) is 0 Å². The minimum atomic E-state index is -0.562. The molecule has 0 aliphatic heterocycles. The third-order valence-electron chi connectivity index (χ3n) is 2.18. The van der Waals surface area contributed by atoms with Crippen molar-refractivity contribution in [2.45, 2.75) is 39.3 Å². The van der Waals surface area contributed by atoms with Crippen LogP contribution in [0.4, 0.5) is 9.18 Å². The SMILES string of the molecule is C[C@@H](NC(=O)OC(C)(C)C)c1cccc(I)c1F. The van der Waals surface area contributed by atoms with Crippen molar-refractivity contribution in [2.24, 2.45) is 0 Å². The molecule has 1 N–H and O–H groups in total.